The maximum absolute atomic E-state index is 5.44. The number of fused-ring (bicyclic) bond motifs is 1. The fraction of sp³-hybridized carbons (Fsp3) is 0.474. The number of nitrogens with one attached hydrogen (secondary N) is 1. The molecule has 4 rings (SSSR count). The Morgan fingerprint density at radius 2 is 2.23 bits per heavy atom. The van der Waals surface area contributed by atoms with E-state index in [0.29, 0.717) is 12.7 Å². The van der Waals surface area contributed by atoms with E-state index in [4.69, 9.17) is 9.47 Å². The number of nitrogens with zero attached hydrogens (tertiary/aromatic N) is 4. The highest BCUT2D eigenvalue weighted by molar-refractivity contribution is 5.80. The van der Waals surface area contributed by atoms with Gasteiger partial charge in [-0.3, -0.25) is 9.67 Å². The Kier molecular flexibility index (Phi) is 4.69. The molecule has 1 N–H and O–H groups in total. The maximum Gasteiger partial charge on any atom is 0.231 e. The molecule has 0 bridgehead atoms. The summed E-state index contributed by atoms with van der Waals surface area (Å²) in [6, 6.07) is 6.12. The molecule has 2 aliphatic heterocycles. The number of aryl methyl sites for hydroxylation is 1. The summed E-state index contributed by atoms with van der Waals surface area (Å²) in [4.78, 5) is 6.79. The molecule has 1 aromatic carbocycles. The summed E-state index contributed by atoms with van der Waals surface area (Å²) in [6.45, 7) is 3.15. The first-order valence-electron chi connectivity index (χ1n) is 9.05. The molecular weight excluding hydrogens is 330 g/mol. The van der Waals surface area contributed by atoms with Crippen LogP contribution in [0.3, 0.4) is 0 Å². The molecular formula is C19H25N5O2. The van der Waals surface area contributed by atoms with Gasteiger partial charge in [0.2, 0.25) is 6.79 Å². The molecule has 1 atom stereocenters. The van der Waals surface area contributed by atoms with Gasteiger partial charge in [-0.05, 0) is 36.1 Å². The third-order valence-corrected chi connectivity index (χ3v) is 5.03. The summed E-state index contributed by atoms with van der Waals surface area (Å²) < 4.78 is 12.7. The lowest BCUT2D eigenvalue weighted by Gasteiger charge is -2.21. The molecule has 0 aliphatic carbocycles. The van der Waals surface area contributed by atoms with Gasteiger partial charge in [-0.2, -0.15) is 5.10 Å². The van der Waals surface area contributed by atoms with Gasteiger partial charge in [0, 0.05) is 45.8 Å². The number of rotatable bonds is 4. The van der Waals surface area contributed by atoms with Gasteiger partial charge in [0.1, 0.15) is 0 Å². The topological polar surface area (TPSA) is 63.9 Å². The van der Waals surface area contributed by atoms with Crippen LogP contribution in [0, 0.1) is 0 Å². The average molecular weight is 355 g/mol. The molecule has 1 unspecified atom stereocenters. The fourth-order valence-corrected chi connectivity index (χ4v) is 3.62. The third kappa shape index (κ3) is 3.47. The summed E-state index contributed by atoms with van der Waals surface area (Å²) in [5, 5.41) is 7.78. The Hall–Kier alpha value is -2.70. The van der Waals surface area contributed by atoms with Crippen molar-refractivity contribution < 1.29 is 9.47 Å². The Labute approximate surface area is 153 Å². The van der Waals surface area contributed by atoms with Crippen molar-refractivity contribution in [3.05, 3.63) is 41.7 Å². The molecule has 2 aliphatic rings. The van der Waals surface area contributed by atoms with Crippen molar-refractivity contribution in [1.29, 1.82) is 0 Å². The predicted octanol–water partition coefficient (Wildman–Crippen LogP) is 1.76. The first-order chi connectivity index (χ1) is 12.7. The Morgan fingerprint density at radius 3 is 3.04 bits per heavy atom. The Balaban J connectivity index is 1.30. The predicted molar refractivity (Wildman–Crippen MR) is 99.8 cm³/mol. The van der Waals surface area contributed by atoms with Crippen LogP contribution in [0.2, 0.25) is 0 Å². The molecule has 1 aromatic heterocycles. The van der Waals surface area contributed by atoms with Crippen molar-refractivity contribution in [1.82, 2.24) is 20.0 Å². The molecule has 7 heteroatoms. The van der Waals surface area contributed by atoms with Gasteiger partial charge in [0.25, 0.3) is 0 Å². The summed E-state index contributed by atoms with van der Waals surface area (Å²) >= 11 is 0. The van der Waals surface area contributed by atoms with E-state index in [2.05, 4.69) is 38.6 Å². The number of guanidine groups is 1. The molecule has 138 valence electrons. The Morgan fingerprint density at radius 1 is 1.35 bits per heavy atom. The van der Waals surface area contributed by atoms with E-state index in [1.165, 1.54) is 11.1 Å². The normalized spacial score (nSPS) is 19.2. The number of aromatic nitrogens is 2. The molecule has 3 heterocycles. The summed E-state index contributed by atoms with van der Waals surface area (Å²) in [6.07, 6.45) is 6.14. The first kappa shape index (κ1) is 16.8. The number of likely N-dealkylation sites (tertiary alicyclic amines) is 1. The molecule has 1 saturated heterocycles. The van der Waals surface area contributed by atoms with Crippen molar-refractivity contribution in [2.75, 3.05) is 33.5 Å². The fourth-order valence-electron chi connectivity index (χ4n) is 3.62. The van der Waals surface area contributed by atoms with Gasteiger partial charge in [0.15, 0.2) is 17.5 Å². The summed E-state index contributed by atoms with van der Waals surface area (Å²) in [5.41, 5.74) is 2.54. The lowest BCUT2D eigenvalue weighted by molar-refractivity contribution is 0.174. The minimum absolute atomic E-state index is 0.316. The van der Waals surface area contributed by atoms with E-state index in [1.54, 1.807) is 0 Å². The van der Waals surface area contributed by atoms with Crippen LogP contribution in [0.4, 0.5) is 0 Å². The number of hydrogen-bond donors (Lipinski definition) is 1. The summed E-state index contributed by atoms with van der Waals surface area (Å²) in [7, 11) is 3.81. The van der Waals surface area contributed by atoms with Gasteiger partial charge in [0.05, 0.1) is 6.20 Å². The minimum Gasteiger partial charge on any atom is -0.454 e. The van der Waals surface area contributed by atoms with Crippen LogP contribution in [-0.4, -0.2) is 54.1 Å². The lowest BCUT2D eigenvalue weighted by atomic mass is 10.0. The second kappa shape index (κ2) is 7.27. The monoisotopic (exact) mass is 355 g/mol. The molecule has 1 fully saturated rings. The van der Waals surface area contributed by atoms with Crippen molar-refractivity contribution in [3.63, 3.8) is 0 Å². The van der Waals surface area contributed by atoms with Crippen molar-refractivity contribution >= 4 is 5.96 Å². The van der Waals surface area contributed by atoms with E-state index in [-0.39, 0.29) is 0 Å². The average Bonchev–Trinajstić information content (AvgIpc) is 3.38. The van der Waals surface area contributed by atoms with Crippen LogP contribution in [-0.2, 0) is 13.5 Å². The quantitative estimate of drug-likeness (QED) is 0.669. The largest absolute Gasteiger partial charge is 0.454 e. The van der Waals surface area contributed by atoms with Gasteiger partial charge in [-0.25, -0.2) is 0 Å². The van der Waals surface area contributed by atoms with Gasteiger partial charge >= 0.3 is 0 Å². The SMILES string of the molecule is CN=C(NCCc1ccc2c(c1)OCO2)N1CCC(c2cnn(C)c2)C1. The number of aliphatic imine (C=N–C) groups is 1. The highest BCUT2D eigenvalue weighted by Gasteiger charge is 2.26. The van der Waals surface area contributed by atoms with Crippen molar-refractivity contribution in [2.45, 2.75) is 18.8 Å². The van der Waals surface area contributed by atoms with E-state index in [0.717, 1.165) is 49.9 Å². The van der Waals surface area contributed by atoms with Crippen LogP contribution in [0.25, 0.3) is 0 Å². The molecule has 0 radical (unpaired) electrons. The zero-order valence-corrected chi connectivity index (χ0v) is 15.3. The van der Waals surface area contributed by atoms with E-state index in [1.807, 2.05) is 31.0 Å². The van der Waals surface area contributed by atoms with Crippen LogP contribution in [0.15, 0.2) is 35.6 Å². The van der Waals surface area contributed by atoms with Gasteiger partial charge in [-0.15, -0.1) is 0 Å². The maximum atomic E-state index is 5.44. The Bertz CT molecular complexity index is 801. The van der Waals surface area contributed by atoms with E-state index >= 15 is 0 Å². The second-order valence-corrected chi connectivity index (χ2v) is 6.79. The highest BCUT2D eigenvalue weighted by Crippen LogP contribution is 2.32. The molecule has 0 amide bonds. The standard InChI is InChI=1S/C19H25N5O2/c1-20-19(24-8-6-15(12-24)16-10-22-23(2)11-16)21-7-5-14-3-4-17-18(9-14)26-13-25-17/h3-4,9-11,15H,5-8,12-13H2,1-2H3,(H,20,21). The molecule has 26 heavy (non-hydrogen) atoms. The van der Waals surface area contributed by atoms with E-state index in [9.17, 15) is 0 Å². The van der Waals surface area contributed by atoms with Crippen LogP contribution in [0.5, 0.6) is 11.5 Å². The molecule has 7 nitrogen and oxygen atoms in total. The zero-order chi connectivity index (χ0) is 17.9. The van der Waals surface area contributed by atoms with Gasteiger partial charge in [-0.1, -0.05) is 6.07 Å². The molecule has 0 spiro atoms. The van der Waals surface area contributed by atoms with Crippen LogP contribution in [0.1, 0.15) is 23.5 Å². The smallest absolute Gasteiger partial charge is 0.231 e. The first-order valence-corrected chi connectivity index (χ1v) is 9.05. The van der Waals surface area contributed by atoms with E-state index < -0.39 is 0 Å². The lowest BCUT2D eigenvalue weighted by Crippen LogP contribution is -2.40. The number of hydrogen-bond acceptors (Lipinski definition) is 4. The zero-order valence-electron chi connectivity index (χ0n) is 15.3. The number of ether oxygens (including phenoxy) is 2. The molecule has 2 aromatic rings. The van der Waals surface area contributed by atoms with Crippen molar-refractivity contribution in [2.24, 2.45) is 12.0 Å². The van der Waals surface area contributed by atoms with Crippen LogP contribution >= 0.6 is 0 Å². The summed E-state index contributed by atoms with van der Waals surface area (Å²) in [5.74, 6) is 3.16. The van der Waals surface area contributed by atoms with Gasteiger partial charge < -0.3 is 19.7 Å². The van der Waals surface area contributed by atoms with Crippen LogP contribution < -0.4 is 14.8 Å². The minimum atomic E-state index is 0.316. The third-order valence-electron chi connectivity index (χ3n) is 5.03. The number of benzene rings is 1. The second-order valence-electron chi connectivity index (χ2n) is 6.79. The van der Waals surface area contributed by atoms with Crippen molar-refractivity contribution in [3.8, 4) is 11.5 Å². The highest BCUT2D eigenvalue weighted by atomic mass is 16.7. The molecule has 0 saturated carbocycles.